The van der Waals surface area contributed by atoms with E-state index in [4.69, 9.17) is 5.11 Å². The Bertz CT molecular complexity index is 509. The molecule has 4 heteroatoms. The van der Waals surface area contributed by atoms with Crippen LogP contribution in [0.3, 0.4) is 0 Å². The number of benzene rings is 1. The lowest BCUT2D eigenvalue weighted by Crippen LogP contribution is -2.02. The molecule has 0 aliphatic carbocycles. The van der Waals surface area contributed by atoms with E-state index in [1.165, 1.54) is 0 Å². The Kier molecular flexibility index (Phi) is 3.14. The monoisotopic (exact) mass is 230 g/mol. The molecule has 0 radical (unpaired) electrons. The second kappa shape index (κ2) is 4.74. The van der Waals surface area contributed by atoms with Crippen LogP contribution in [0.1, 0.15) is 11.4 Å². The van der Waals surface area contributed by atoms with E-state index in [0.717, 1.165) is 11.4 Å². The Morgan fingerprint density at radius 1 is 1.06 bits per heavy atom. The van der Waals surface area contributed by atoms with Gasteiger partial charge in [-0.15, -0.1) is 0 Å². The Labute approximate surface area is 99.6 Å². The van der Waals surface area contributed by atoms with E-state index >= 15 is 0 Å². The first-order valence-electron chi connectivity index (χ1n) is 5.33. The molecule has 0 unspecified atom stereocenters. The molecule has 4 nitrogen and oxygen atoms in total. The van der Waals surface area contributed by atoms with Crippen molar-refractivity contribution in [2.45, 2.75) is 13.5 Å². The third kappa shape index (κ3) is 2.87. The van der Waals surface area contributed by atoms with Crippen LogP contribution in [0.4, 0.5) is 5.69 Å². The molecule has 0 spiro atoms. The smallest absolute Gasteiger partial charge is 0.138 e. The van der Waals surface area contributed by atoms with E-state index in [1.807, 2.05) is 6.92 Å². The molecule has 17 heavy (non-hydrogen) atoms. The molecule has 0 bridgehead atoms. The first kappa shape index (κ1) is 11.3. The Morgan fingerprint density at radius 2 is 1.76 bits per heavy atom. The van der Waals surface area contributed by atoms with Gasteiger partial charge in [0.25, 0.3) is 0 Å². The summed E-state index contributed by atoms with van der Waals surface area (Å²) in [5.41, 5.74) is 2.34. The second-order valence-electron chi connectivity index (χ2n) is 3.82. The first-order valence-corrected chi connectivity index (χ1v) is 5.33. The van der Waals surface area contributed by atoms with Gasteiger partial charge in [0, 0.05) is 11.4 Å². The zero-order valence-electron chi connectivity index (χ0n) is 9.51. The highest BCUT2D eigenvalue weighted by Crippen LogP contribution is 2.18. The maximum absolute atomic E-state index is 9.61. The molecule has 1 aromatic heterocycles. The van der Waals surface area contributed by atoms with Gasteiger partial charge in [-0.1, -0.05) is 0 Å². The van der Waals surface area contributed by atoms with Crippen LogP contribution in [0.2, 0.25) is 0 Å². The molecule has 2 rings (SSSR count). The van der Waals surface area contributed by atoms with Crippen molar-refractivity contribution >= 4 is 5.69 Å². The van der Waals surface area contributed by atoms with E-state index in [2.05, 4.69) is 10.3 Å². The summed E-state index contributed by atoms with van der Waals surface area (Å²) < 4.78 is 0. The van der Waals surface area contributed by atoms with Crippen molar-refractivity contribution in [2.24, 2.45) is 0 Å². The summed E-state index contributed by atoms with van der Waals surface area (Å²) in [6.45, 7) is 2.32. The third-order valence-corrected chi connectivity index (χ3v) is 2.42. The Hall–Kier alpha value is -2.23. The normalized spacial score (nSPS) is 10.2. The first-order chi connectivity index (χ1) is 8.15. The van der Waals surface area contributed by atoms with Crippen LogP contribution in [-0.2, 0) is 6.54 Å². The molecule has 0 aliphatic heterocycles. The van der Waals surface area contributed by atoms with Crippen molar-refractivity contribution in [3.63, 3.8) is 0 Å². The number of nitrogens with zero attached hydrogens (tertiary/aromatic N) is 1. The zero-order valence-corrected chi connectivity index (χ0v) is 9.51. The van der Waals surface area contributed by atoms with Gasteiger partial charge >= 0.3 is 0 Å². The van der Waals surface area contributed by atoms with Crippen molar-refractivity contribution < 1.29 is 10.2 Å². The van der Waals surface area contributed by atoms with Crippen LogP contribution in [0.15, 0.2) is 36.4 Å². The highest BCUT2D eigenvalue weighted by Gasteiger charge is 2.02. The molecule has 1 heterocycles. The predicted molar refractivity (Wildman–Crippen MR) is 66.1 cm³/mol. The van der Waals surface area contributed by atoms with Crippen LogP contribution in [0.5, 0.6) is 11.5 Å². The number of hydrogen-bond acceptors (Lipinski definition) is 4. The van der Waals surface area contributed by atoms with Crippen molar-refractivity contribution in [1.82, 2.24) is 4.98 Å². The Morgan fingerprint density at radius 3 is 2.47 bits per heavy atom. The summed E-state index contributed by atoms with van der Waals surface area (Å²) in [5.74, 6) is 0.411. The number of aromatic hydroxyl groups is 2. The van der Waals surface area contributed by atoms with Crippen molar-refractivity contribution in [1.29, 1.82) is 0 Å². The van der Waals surface area contributed by atoms with Gasteiger partial charge in [-0.25, -0.2) is 0 Å². The van der Waals surface area contributed by atoms with Crippen LogP contribution in [0.25, 0.3) is 0 Å². The minimum absolute atomic E-state index is 0.182. The molecule has 3 N–H and O–H groups in total. The molecule has 0 saturated heterocycles. The van der Waals surface area contributed by atoms with E-state index in [1.54, 1.807) is 36.4 Å². The van der Waals surface area contributed by atoms with Gasteiger partial charge < -0.3 is 15.5 Å². The number of nitrogens with one attached hydrogen (secondary N) is 1. The number of phenolic OH excluding ortho intramolecular Hbond substituents is 1. The summed E-state index contributed by atoms with van der Waals surface area (Å²) in [5, 5.41) is 21.9. The van der Waals surface area contributed by atoms with Gasteiger partial charge in [-0.3, -0.25) is 4.98 Å². The molecule has 88 valence electrons. The van der Waals surface area contributed by atoms with Crippen LogP contribution < -0.4 is 5.32 Å². The number of rotatable bonds is 3. The molecular weight excluding hydrogens is 216 g/mol. The van der Waals surface area contributed by atoms with Crippen molar-refractivity contribution in [3.8, 4) is 11.5 Å². The lowest BCUT2D eigenvalue weighted by molar-refractivity contribution is 0.464. The fraction of sp³-hybridized carbons (Fsp3) is 0.154. The van der Waals surface area contributed by atoms with Crippen molar-refractivity contribution in [2.75, 3.05) is 5.32 Å². The standard InChI is InChI=1S/C13H14N2O2/c1-9-2-7-13(17)12(15-9)8-14-10-3-5-11(16)6-4-10/h2-7,14,16-17H,8H2,1H3. The number of anilines is 1. The van der Waals surface area contributed by atoms with Gasteiger partial charge in [0.2, 0.25) is 0 Å². The number of pyridine rings is 1. The largest absolute Gasteiger partial charge is 0.508 e. The fourth-order valence-electron chi connectivity index (χ4n) is 1.50. The predicted octanol–water partition coefficient (Wildman–Crippen LogP) is 2.41. The number of hydrogen-bond donors (Lipinski definition) is 3. The minimum atomic E-state index is 0.182. The molecule has 1 aromatic carbocycles. The average Bonchev–Trinajstić information content (AvgIpc) is 2.32. The van der Waals surface area contributed by atoms with Gasteiger partial charge in [0.1, 0.15) is 17.2 Å². The van der Waals surface area contributed by atoms with Crippen LogP contribution in [-0.4, -0.2) is 15.2 Å². The van der Waals surface area contributed by atoms with Gasteiger partial charge in [-0.2, -0.15) is 0 Å². The topological polar surface area (TPSA) is 65.4 Å². The van der Waals surface area contributed by atoms with E-state index in [-0.39, 0.29) is 11.5 Å². The molecular formula is C13H14N2O2. The Balaban J connectivity index is 2.07. The van der Waals surface area contributed by atoms with Crippen LogP contribution >= 0.6 is 0 Å². The molecule has 0 saturated carbocycles. The second-order valence-corrected chi connectivity index (χ2v) is 3.82. The third-order valence-electron chi connectivity index (χ3n) is 2.42. The maximum atomic E-state index is 9.61. The van der Waals surface area contributed by atoms with E-state index < -0.39 is 0 Å². The molecule has 0 fully saturated rings. The zero-order chi connectivity index (χ0) is 12.3. The van der Waals surface area contributed by atoms with E-state index in [0.29, 0.717) is 12.2 Å². The van der Waals surface area contributed by atoms with Crippen molar-refractivity contribution in [3.05, 3.63) is 47.8 Å². The molecule has 0 atom stereocenters. The number of phenols is 1. The SMILES string of the molecule is Cc1ccc(O)c(CNc2ccc(O)cc2)n1. The lowest BCUT2D eigenvalue weighted by Gasteiger charge is -2.08. The number of aryl methyl sites for hydroxylation is 1. The average molecular weight is 230 g/mol. The molecule has 0 amide bonds. The lowest BCUT2D eigenvalue weighted by atomic mass is 10.2. The van der Waals surface area contributed by atoms with Gasteiger partial charge in [-0.05, 0) is 43.3 Å². The maximum Gasteiger partial charge on any atom is 0.138 e. The number of aromatic nitrogens is 1. The van der Waals surface area contributed by atoms with Gasteiger partial charge in [0.15, 0.2) is 0 Å². The molecule has 0 aliphatic rings. The highest BCUT2D eigenvalue weighted by molar-refractivity contribution is 5.46. The van der Waals surface area contributed by atoms with Gasteiger partial charge in [0.05, 0.1) is 6.54 Å². The summed E-state index contributed by atoms with van der Waals surface area (Å²) in [4.78, 5) is 4.24. The summed E-state index contributed by atoms with van der Waals surface area (Å²) in [7, 11) is 0. The van der Waals surface area contributed by atoms with E-state index in [9.17, 15) is 5.11 Å². The quantitative estimate of drug-likeness (QED) is 0.708. The minimum Gasteiger partial charge on any atom is -0.508 e. The fourth-order valence-corrected chi connectivity index (χ4v) is 1.50. The summed E-state index contributed by atoms with van der Waals surface area (Å²) in [6, 6.07) is 10.1. The summed E-state index contributed by atoms with van der Waals surface area (Å²) >= 11 is 0. The molecule has 2 aromatic rings. The summed E-state index contributed by atoms with van der Waals surface area (Å²) in [6.07, 6.45) is 0. The van der Waals surface area contributed by atoms with Crippen LogP contribution in [0, 0.1) is 6.92 Å². The highest BCUT2D eigenvalue weighted by atomic mass is 16.3.